The molecule has 1 atom stereocenters. The Hall–Kier alpha value is -4.02. The van der Waals surface area contributed by atoms with Gasteiger partial charge >= 0.3 is 0 Å². The summed E-state index contributed by atoms with van der Waals surface area (Å²) in [5.74, 6) is -1.84. The molecule has 2 amide bonds. The van der Waals surface area contributed by atoms with E-state index < -0.39 is 34.3 Å². The number of sulfonamides is 1. The maximum atomic E-state index is 15.1. The van der Waals surface area contributed by atoms with Crippen LogP contribution in [0.3, 0.4) is 0 Å². The standard InChI is InChI=1S/C32H31BrFN3O4S/c1-2-35-32(39)30(21-24-11-5-3-6-12-24)36(22-25-17-19-26(33)20-18-25)31(38)23-37(29-16-10-9-15-28(29)34)42(40,41)27-13-7-4-8-14-27/h3-20,30H,2,21-23H2,1H3,(H,35,39)/t30-/m1/s1. The van der Waals surface area contributed by atoms with Gasteiger partial charge in [-0.1, -0.05) is 88.7 Å². The lowest BCUT2D eigenvalue weighted by molar-refractivity contribution is -0.140. The molecule has 0 saturated heterocycles. The smallest absolute Gasteiger partial charge is 0.264 e. The quantitative estimate of drug-likeness (QED) is 0.217. The molecule has 0 bridgehead atoms. The van der Waals surface area contributed by atoms with Crippen LogP contribution in [0.25, 0.3) is 0 Å². The number of likely N-dealkylation sites (N-methyl/N-ethyl adjacent to an activating group) is 1. The third-order valence-corrected chi connectivity index (χ3v) is 8.92. The van der Waals surface area contributed by atoms with Gasteiger partial charge in [0.25, 0.3) is 10.0 Å². The molecule has 0 aliphatic carbocycles. The molecular weight excluding hydrogens is 621 g/mol. The largest absolute Gasteiger partial charge is 0.355 e. The Morgan fingerprint density at radius 2 is 1.43 bits per heavy atom. The van der Waals surface area contributed by atoms with Gasteiger partial charge in [-0.3, -0.25) is 13.9 Å². The van der Waals surface area contributed by atoms with Crippen LogP contribution in [0.1, 0.15) is 18.1 Å². The van der Waals surface area contributed by atoms with Gasteiger partial charge < -0.3 is 10.2 Å². The summed E-state index contributed by atoms with van der Waals surface area (Å²) in [6.45, 7) is 1.43. The van der Waals surface area contributed by atoms with E-state index in [1.807, 2.05) is 54.6 Å². The van der Waals surface area contributed by atoms with Gasteiger partial charge in [-0.2, -0.15) is 0 Å². The van der Waals surface area contributed by atoms with Crippen molar-refractivity contribution in [1.82, 2.24) is 10.2 Å². The van der Waals surface area contributed by atoms with Crippen LogP contribution >= 0.6 is 15.9 Å². The Labute approximate surface area is 254 Å². The lowest BCUT2D eigenvalue weighted by atomic mass is 10.0. The van der Waals surface area contributed by atoms with Gasteiger partial charge in [-0.15, -0.1) is 0 Å². The summed E-state index contributed by atoms with van der Waals surface area (Å²) in [6.07, 6.45) is 0.195. The second kappa shape index (κ2) is 14.2. The van der Waals surface area contributed by atoms with E-state index in [-0.39, 0.29) is 29.5 Å². The van der Waals surface area contributed by atoms with Crippen molar-refractivity contribution in [1.29, 1.82) is 0 Å². The molecule has 1 N–H and O–H groups in total. The predicted octanol–water partition coefficient (Wildman–Crippen LogP) is 5.56. The first-order valence-corrected chi connectivity index (χ1v) is 15.6. The monoisotopic (exact) mass is 651 g/mol. The van der Waals surface area contributed by atoms with Crippen LogP contribution in [0.4, 0.5) is 10.1 Å². The van der Waals surface area contributed by atoms with E-state index in [1.165, 1.54) is 35.2 Å². The Morgan fingerprint density at radius 1 is 0.833 bits per heavy atom. The van der Waals surface area contributed by atoms with Crippen LogP contribution in [0.2, 0.25) is 0 Å². The molecule has 0 heterocycles. The summed E-state index contributed by atoms with van der Waals surface area (Å²) in [5.41, 5.74) is 1.29. The third-order valence-electron chi connectivity index (χ3n) is 6.62. The van der Waals surface area contributed by atoms with Gasteiger partial charge in [0.2, 0.25) is 11.8 Å². The summed E-state index contributed by atoms with van der Waals surface area (Å²) < 4.78 is 44.4. The molecule has 10 heteroatoms. The van der Waals surface area contributed by atoms with Crippen LogP contribution in [0.15, 0.2) is 119 Å². The van der Waals surface area contributed by atoms with Gasteiger partial charge in [0.05, 0.1) is 10.6 Å². The molecule has 7 nitrogen and oxygen atoms in total. The van der Waals surface area contributed by atoms with Crippen molar-refractivity contribution in [3.8, 4) is 0 Å². The normalized spacial score (nSPS) is 11.9. The fourth-order valence-corrected chi connectivity index (χ4v) is 6.23. The number of rotatable bonds is 12. The second-order valence-electron chi connectivity index (χ2n) is 9.52. The number of anilines is 1. The second-order valence-corrected chi connectivity index (χ2v) is 12.3. The van der Waals surface area contributed by atoms with Crippen molar-refractivity contribution in [2.45, 2.75) is 30.8 Å². The van der Waals surface area contributed by atoms with Crippen LogP contribution in [-0.4, -0.2) is 44.3 Å². The minimum Gasteiger partial charge on any atom is -0.355 e. The summed E-state index contributed by atoms with van der Waals surface area (Å²) >= 11 is 3.41. The highest BCUT2D eigenvalue weighted by Crippen LogP contribution is 2.27. The third kappa shape index (κ3) is 7.63. The van der Waals surface area contributed by atoms with Crippen molar-refractivity contribution in [3.63, 3.8) is 0 Å². The summed E-state index contributed by atoms with van der Waals surface area (Å²) in [5, 5.41) is 2.81. The average Bonchev–Trinajstić information content (AvgIpc) is 3.00. The van der Waals surface area contributed by atoms with Crippen LogP contribution in [0, 0.1) is 5.82 Å². The zero-order valence-corrected chi connectivity index (χ0v) is 25.4. The molecule has 218 valence electrons. The van der Waals surface area contributed by atoms with Gasteiger partial charge in [0.15, 0.2) is 0 Å². The van der Waals surface area contributed by atoms with Gasteiger partial charge in [-0.05, 0) is 54.4 Å². The van der Waals surface area contributed by atoms with Gasteiger partial charge in [-0.25, -0.2) is 12.8 Å². The van der Waals surface area contributed by atoms with E-state index >= 15 is 4.39 Å². The summed E-state index contributed by atoms with van der Waals surface area (Å²) in [4.78, 5) is 29.0. The predicted molar refractivity (Wildman–Crippen MR) is 165 cm³/mol. The molecule has 42 heavy (non-hydrogen) atoms. The molecule has 4 aromatic rings. The summed E-state index contributed by atoms with van der Waals surface area (Å²) in [6, 6.07) is 28.5. The number of benzene rings is 4. The number of halogens is 2. The lowest BCUT2D eigenvalue weighted by Crippen LogP contribution is -2.53. The van der Waals surface area contributed by atoms with Crippen molar-refractivity contribution in [2.24, 2.45) is 0 Å². The van der Waals surface area contributed by atoms with E-state index in [2.05, 4.69) is 21.2 Å². The van der Waals surface area contributed by atoms with Gasteiger partial charge in [0, 0.05) is 24.0 Å². The zero-order chi connectivity index (χ0) is 30.1. The highest BCUT2D eigenvalue weighted by Gasteiger charge is 2.35. The first-order valence-electron chi connectivity index (χ1n) is 13.4. The molecule has 0 aliphatic rings. The average molecular weight is 653 g/mol. The van der Waals surface area contributed by atoms with Gasteiger partial charge in [0.1, 0.15) is 18.4 Å². The van der Waals surface area contributed by atoms with Crippen molar-refractivity contribution in [2.75, 3.05) is 17.4 Å². The Balaban J connectivity index is 1.79. The maximum Gasteiger partial charge on any atom is 0.264 e. The fraction of sp³-hybridized carbons (Fsp3) is 0.188. The molecule has 4 rings (SSSR count). The van der Waals surface area contributed by atoms with E-state index in [0.29, 0.717) is 6.54 Å². The Morgan fingerprint density at radius 3 is 2.05 bits per heavy atom. The number of hydrogen-bond donors (Lipinski definition) is 1. The molecule has 0 aliphatic heterocycles. The number of carbonyl (C=O) groups is 2. The number of nitrogens with zero attached hydrogens (tertiary/aromatic N) is 2. The molecule has 0 radical (unpaired) electrons. The first-order chi connectivity index (χ1) is 20.2. The van der Waals surface area contributed by atoms with Crippen LogP contribution in [-0.2, 0) is 32.6 Å². The first kappa shape index (κ1) is 30.9. The number of nitrogens with one attached hydrogen (secondary N) is 1. The zero-order valence-electron chi connectivity index (χ0n) is 23.0. The van der Waals surface area contributed by atoms with Crippen molar-refractivity contribution in [3.05, 3.63) is 131 Å². The van der Waals surface area contributed by atoms with E-state index in [0.717, 1.165) is 26.0 Å². The van der Waals surface area contributed by atoms with Crippen molar-refractivity contribution >= 4 is 43.5 Å². The summed E-state index contributed by atoms with van der Waals surface area (Å²) in [7, 11) is -4.36. The Bertz CT molecular complexity index is 1600. The molecule has 0 fully saturated rings. The lowest BCUT2D eigenvalue weighted by Gasteiger charge is -2.34. The molecule has 0 aromatic heterocycles. The van der Waals surface area contributed by atoms with E-state index in [4.69, 9.17) is 0 Å². The molecule has 0 unspecified atom stereocenters. The Kier molecular flexibility index (Phi) is 10.5. The number of amides is 2. The topological polar surface area (TPSA) is 86.8 Å². The minimum absolute atomic E-state index is 0.0250. The highest BCUT2D eigenvalue weighted by atomic mass is 79.9. The molecule has 0 spiro atoms. The van der Waals surface area contributed by atoms with E-state index in [1.54, 1.807) is 25.1 Å². The minimum atomic E-state index is -4.36. The van der Waals surface area contributed by atoms with Crippen LogP contribution in [0.5, 0.6) is 0 Å². The number of carbonyl (C=O) groups excluding carboxylic acids is 2. The molecule has 0 saturated carbocycles. The van der Waals surface area contributed by atoms with Crippen LogP contribution < -0.4 is 9.62 Å². The van der Waals surface area contributed by atoms with Crippen molar-refractivity contribution < 1.29 is 22.4 Å². The van der Waals surface area contributed by atoms with E-state index in [9.17, 15) is 18.0 Å². The fourth-order valence-electron chi connectivity index (χ4n) is 4.52. The number of hydrogen-bond acceptors (Lipinski definition) is 4. The molecular formula is C32H31BrFN3O4S. The molecule has 4 aromatic carbocycles. The highest BCUT2D eigenvalue weighted by molar-refractivity contribution is 9.10. The SMILES string of the molecule is CCNC(=O)[C@@H](Cc1ccccc1)N(Cc1ccc(Br)cc1)C(=O)CN(c1ccccc1F)S(=O)(=O)c1ccccc1. The maximum absolute atomic E-state index is 15.1. The number of para-hydroxylation sites is 1.